The highest BCUT2D eigenvalue weighted by molar-refractivity contribution is 7.09. The molecule has 2 heterocycles. The Morgan fingerprint density at radius 2 is 2.19 bits per heavy atom. The van der Waals surface area contributed by atoms with Crippen LogP contribution in [-0.2, 0) is 22.7 Å². The van der Waals surface area contributed by atoms with E-state index in [1.165, 1.54) is 11.3 Å². The maximum absolute atomic E-state index is 15.1. The maximum Gasteiger partial charge on any atom is 0.233 e. The highest BCUT2D eigenvalue weighted by atomic mass is 35.5. The van der Waals surface area contributed by atoms with Crippen molar-refractivity contribution in [3.05, 3.63) is 33.4 Å². The van der Waals surface area contributed by atoms with Crippen LogP contribution in [-0.4, -0.2) is 51.1 Å². The zero-order valence-electron chi connectivity index (χ0n) is 17.7. The number of anilines is 1. The normalized spacial score (nSPS) is 14.9. The van der Waals surface area contributed by atoms with E-state index in [1.54, 1.807) is 18.1 Å². The van der Waals surface area contributed by atoms with Crippen molar-refractivity contribution in [1.82, 2.24) is 25.3 Å². The first kappa shape index (κ1) is 24.3. The fraction of sp³-hybridized carbons (Fsp3) is 0.550. The molecule has 32 heavy (non-hydrogen) atoms. The van der Waals surface area contributed by atoms with Gasteiger partial charge in [-0.2, -0.15) is 4.98 Å². The minimum atomic E-state index is -0.683. The standard InChI is InChI=1S/C20H26ClFN6O3S/c1-27(11-16-23-6-7-32-16)18-17(22)15(25-20(21)26-18)9-24-19(30)14(10-28(31)12-29)8-13-4-2-3-5-13/h6-7,12-14,31H,2-5,8-11H2,1H3,(H,24,30)/t14-/m1/s1. The van der Waals surface area contributed by atoms with Crippen LogP contribution >= 0.6 is 22.9 Å². The van der Waals surface area contributed by atoms with E-state index in [4.69, 9.17) is 11.6 Å². The summed E-state index contributed by atoms with van der Waals surface area (Å²) >= 11 is 7.45. The van der Waals surface area contributed by atoms with Gasteiger partial charge in [0.2, 0.25) is 17.6 Å². The van der Waals surface area contributed by atoms with E-state index >= 15 is 4.39 Å². The van der Waals surface area contributed by atoms with Crippen LogP contribution in [0.3, 0.4) is 0 Å². The van der Waals surface area contributed by atoms with Gasteiger partial charge in [-0.25, -0.2) is 19.4 Å². The lowest BCUT2D eigenvalue weighted by atomic mass is 9.92. The number of amides is 2. The summed E-state index contributed by atoms with van der Waals surface area (Å²) < 4.78 is 15.1. The number of nitrogens with zero attached hydrogens (tertiary/aromatic N) is 5. The molecular weight excluding hydrogens is 459 g/mol. The average Bonchev–Trinajstić information content (AvgIpc) is 3.47. The molecule has 174 valence electrons. The average molecular weight is 485 g/mol. The van der Waals surface area contributed by atoms with Crippen LogP contribution < -0.4 is 10.2 Å². The molecule has 0 spiro atoms. The van der Waals surface area contributed by atoms with Gasteiger partial charge in [0.15, 0.2) is 11.6 Å². The second kappa shape index (κ2) is 11.5. The molecule has 1 fully saturated rings. The third kappa shape index (κ3) is 6.57. The Kier molecular flexibility index (Phi) is 8.71. The van der Waals surface area contributed by atoms with Crippen LogP contribution in [0.1, 0.15) is 42.8 Å². The van der Waals surface area contributed by atoms with Crippen molar-refractivity contribution in [2.45, 2.75) is 45.2 Å². The first-order valence-electron chi connectivity index (χ1n) is 10.4. The second-order valence-corrected chi connectivity index (χ2v) is 9.20. The van der Waals surface area contributed by atoms with Gasteiger partial charge in [-0.1, -0.05) is 25.7 Å². The van der Waals surface area contributed by atoms with Crippen molar-refractivity contribution >= 4 is 41.1 Å². The molecule has 0 unspecified atom stereocenters. The van der Waals surface area contributed by atoms with Gasteiger partial charge >= 0.3 is 0 Å². The van der Waals surface area contributed by atoms with Crippen LogP contribution in [0.5, 0.6) is 0 Å². The molecule has 0 aromatic carbocycles. The van der Waals surface area contributed by atoms with Gasteiger partial charge in [-0.05, 0) is 23.9 Å². The van der Waals surface area contributed by atoms with Crippen molar-refractivity contribution in [1.29, 1.82) is 0 Å². The lowest BCUT2D eigenvalue weighted by Crippen LogP contribution is -2.38. The smallest absolute Gasteiger partial charge is 0.233 e. The Labute approximate surface area is 194 Å². The number of rotatable bonds is 11. The van der Waals surface area contributed by atoms with Crippen LogP contribution in [0.25, 0.3) is 0 Å². The molecule has 1 aliphatic carbocycles. The van der Waals surface area contributed by atoms with Gasteiger partial charge in [0.1, 0.15) is 10.7 Å². The number of aromatic nitrogens is 3. The van der Waals surface area contributed by atoms with E-state index in [-0.39, 0.29) is 42.2 Å². The summed E-state index contributed by atoms with van der Waals surface area (Å²) in [6.45, 7) is 0.0224. The molecule has 0 bridgehead atoms. The van der Waals surface area contributed by atoms with Crippen LogP contribution in [0.15, 0.2) is 11.6 Å². The summed E-state index contributed by atoms with van der Waals surface area (Å²) in [6.07, 6.45) is 6.73. The molecule has 9 nitrogen and oxygen atoms in total. The number of carbonyl (C=O) groups is 2. The van der Waals surface area contributed by atoms with E-state index < -0.39 is 11.7 Å². The highest BCUT2D eigenvalue weighted by Gasteiger charge is 2.27. The van der Waals surface area contributed by atoms with Gasteiger partial charge in [0.05, 0.1) is 25.6 Å². The summed E-state index contributed by atoms with van der Waals surface area (Å²) in [7, 11) is 1.67. The van der Waals surface area contributed by atoms with Crippen LogP contribution in [0.4, 0.5) is 10.2 Å². The van der Waals surface area contributed by atoms with Gasteiger partial charge in [0, 0.05) is 18.6 Å². The summed E-state index contributed by atoms with van der Waals surface area (Å²) in [5.41, 5.74) is -0.0461. The Balaban J connectivity index is 1.68. The number of halogens is 2. The third-order valence-electron chi connectivity index (χ3n) is 5.52. The lowest BCUT2D eigenvalue weighted by molar-refractivity contribution is -0.155. The molecule has 2 amide bonds. The van der Waals surface area contributed by atoms with Crippen molar-refractivity contribution in [3.63, 3.8) is 0 Å². The van der Waals surface area contributed by atoms with Gasteiger partial charge < -0.3 is 10.2 Å². The highest BCUT2D eigenvalue weighted by Crippen LogP contribution is 2.31. The Morgan fingerprint density at radius 1 is 1.44 bits per heavy atom. The quantitative estimate of drug-likeness (QED) is 0.218. The summed E-state index contributed by atoms with van der Waals surface area (Å²) in [4.78, 5) is 37.3. The van der Waals surface area contributed by atoms with Gasteiger partial charge in [0.25, 0.3) is 0 Å². The minimum absolute atomic E-state index is 0.00874. The summed E-state index contributed by atoms with van der Waals surface area (Å²) in [5, 5.41) is 15.2. The van der Waals surface area contributed by atoms with Crippen LogP contribution in [0, 0.1) is 17.7 Å². The number of hydrogen-bond donors (Lipinski definition) is 2. The topological polar surface area (TPSA) is 112 Å². The molecule has 2 N–H and O–H groups in total. The SMILES string of the molecule is CN(Cc1nccs1)c1nc(Cl)nc(CNC(=O)[C@H](CC2CCCC2)CN(O)C=O)c1F. The molecule has 1 aliphatic rings. The van der Waals surface area contributed by atoms with Crippen molar-refractivity contribution in [2.75, 3.05) is 18.5 Å². The van der Waals surface area contributed by atoms with Crippen molar-refractivity contribution in [2.24, 2.45) is 11.8 Å². The fourth-order valence-corrected chi connectivity index (χ4v) is 4.78. The van der Waals surface area contributed by atoms with Crippen LogP contribution in [0.2, 0.25) is 5.28 Å². The molecule has 1 saturated carbocycles. The second-order valence-electron chi connectivity index (χ2n) is 7.89. The molecular formula is C20H26ClFN6O3S. The van der Waals surface area contributed by atoms with E-state index in [1.807, 2.05) is 5.38 Å². The summed E-state index contributed by atoms with van der Waals surface area (Å²) in [5.74, 6) is -1.31. The summed E-state index contributed by atoms with van der Waals surface area (Å²) in [6, 6.07) is 0. The predicted molar refractivity (Wildman–Crippen MR) is 118 cm³/mol. The first-order valence-corrected chi connectivity index (χ1v) is 11.6. The van der Waals surface area contributed by atoms with E-state index in [2.05, 4.69) is 20.3 Å². The molecule has 2 aromatic rings. The van der Waals surface area contributed by atoms with Gasteiger partial charge in [-0.3, -0.25) is 14.8 Å². The molecule has 0 aliphatic heterocycles. The zero-order valence-corrected chi connectivity index (χ0v) is 19.3. The minimum Gasteiger partial charge on any atom is -0.350 e. The Morgan fingerprint density at radius 3 is 2.84 bits per heavy atom. The molecule has 0 radical (unpaired) electrons. The number of carbonyl (C=O) groups excluding carboxylic acids is 2. The molecule has 0 saturated heterocycles. The first-order chi connectivity index (χ1) is 15.4. The molecule has 3 rings (SSSR count). The number of hydrogen-bond acceptors (Lipinski definition) is 8. The number of thiazole rings is 1. The molecule has 1 atom stereocenters. The van der Waals surface area contributed by atoms with Gasteiger partial charge in [-0.15, -0.1) is 11.3 Å². The monoisotopic (exact) mass is 484 g/mol. The largest absolute Gasteiger partial charge is 0.350 e. The zero-order chi connectivity index (χ0) is 23.1. The van der Waals surface area contributed by atoms with Crippen molar-refractivity contribution in [3.8, 4) is 0 Å². The number of nitrogens with one attached hydrogen (secondary N) is 1. The van der Waals surface area contributed by atoms with E-state index in [0.29, 0.717) is 23.9 Å². The van der Waals surface area contributed by atoms with Crippen molar-refractivity contribution < 1.29 is 19.2 Å². The van der Waals surface area contributed by atoms with E-state index in [9.17, 15) is 14.8 Å². The van der Waals surface area contributed by atoms with E-state index in [0.717, 1.165) is 30.7 Å². The Bertz CT molecular complexity index is 913. The molecule has 2 aromatic heterocycles. The Hall–Kier alpha value is -2.37. The predicted octanol–water partition coefficient (Wildman–Crippen LogP) is 3.02. The lowest BCUT2D eigenvalue weighted by Gasteiger charge is -2.22. The molecule has 12 heteroatoms. The third-order valence-corrected chi connectivity index (χ3v) is 6.45. The maximum atomic E-state index is 15.1. The fourth-order valence-electron chi connectivity index (χ4n) is 3.93. The number of hydroxylamine groups is 2.